The quantitative estimate of drug-likeness (QED) is 0.818. The van der Waals surface area contributed by atoms with Gasteiger partial charge in [-0.3, -0.25) is 14.5 Å². The molecule has 158 valence electrons. The Morgan fingerprint density at radius 3 is 2.55 bits per heavy atom. The first-order valence-corrected chi connectivity index (χ1v) is 11.4. The third-order valence-electron chi connectivity index (χ3n) is 7.33. The maximum absolute atomic E-state index is 13.0. The molecule has 2 heterocycles. The summed E-state index contributed by atoms with van der Waals surface area (Å²) in [5, 5.41) is 9.04. The highest BCUT2D eigenvalue weighted by Gasteiger charge is 2.44. The zero-order chi connectivity index (χ0) is 20.3. The van der Waals surface area contributed by atoms with E-state index in [1.807, 2.05) is 11.0 Å². The number of amides is 1. The van der Waals surface area contributed by atoms with Crippen molar-refractivity contribution >= 4 is 11.9 Å². The van der Waals surface area contributed by atoms with Gasteiger partial charge in [-0.1, -0.05) is 43.5 Å². The monoisotopic (exact) mass is 398 g/mol. The smallest absolute Gasteiger partial charge is 0.303 e. The van der Waals surface area contributed by atoms with Gasteiger partial charge in [0.25, 0.3) is 0 Å². The Balaban J connectivity index is 1.62. The number of carboxylic acid groups (broad SMARTS) is 1. The Hall–Kier alpha value is -1.88. The molecule has 0 bridgehead atoms. The Labute approximate surface area is 174 Å². The van der Waals surface area contributed by atoms with Crippen LogP contribution in [0.5, 0.6) is 0 Å². The number of hydrogen-bond donors (Lipinski definition) is 1. The van der Waals surface area contributed by atoms with Gasteiger partial charge in [-0.15, -0.1) is 0 Å². The van der Waals surface area contributed by atoms with E-state index in [1.54, 1.807) is 0 Å². The average Bonchev–Trinajstić information content (AvgIpc) is 3.16. The van der Waals surface area contributed by atoms with E-state index in [4.69, 9.17) is 5.11 Å². The molecule has 29 heavy (non-hydrogen) atoms. The largest absolute Gasteiger partial charge is 0.481 e. The van der Waals surface area contributed by atoms with E-state index in [0.717, 1.165) is 38.4 Å². The predicted molar refractivity (Wildman–Crippen MR) is 113 cm³/mol. The number of rotatable bonds is 5. The first-order chi connectivity index (χ1) is 14.1. The molecule has 3 aliphatic rings. The Kier molecular flexibility index (Phi) is 6.23. The minimum Gasteiger partial charge on any atom is -0.481 e. The van der Waals surface area contributed by atoms with Crippen molar-refractivity contribution in [3.63, 3.8) is 0 Å². The van der Waals surface area contributed by atoms with E-state index < -0.39 is 5.97 Å². The number of likely N-dealkylation sites (tertiary alicyclic amines) is 1. The summed E-state index contributed by atoms with van der Waals surface area (Å²) >= 11 is 0. The second kappa shape index (κ2) is 8.86. The highest BCUT2D eigenvalue weighted by atomic mass is 16.4. The van der Waals surface area contributed by atoms with Crippen LogP contribution in [0.15, 0.2) is 24.3 Å². The van der Waals surface area contributed by atoms with Crippen LogP contribution in [0.4, 0.5) is 0 Å². The molecule has 1 aromatic rings. The van der Waals surface area contributed by atoms with Gasteiger partial charge in [0, 0.05) is 31.6 Å². The van der Waals surface area contributed by atoms with Crippen LogP contribution >= 0.6 is 0 Å². The number of nitrogens with zero attached hydrogens (tertiary/aromatic N) is 2. The van der Waals surface area contributed by atoms with Gasteiger partial charge in [0.2, 0.25) is 5.91 Å². The lowest BCUT2D eigenvalue weighted by atomic mass is 9.80. The number of fused-ring (bicyclic) bond motifs is 1. The summed E-state index contributed by atoms with van der Waals surface area (Å²) in [6, 6.07) is 8.52. The van der Waals surface area contributed by atoms with Gasteiger partial charge in [0.05, 0.1) is 6.42 Å². The zero-order valence-electron chi connectivity index (χ0n) is 17.4. The van der Waals surface area contributed by atoms with Gasteiger partial charge in [-0.25, -0.2) is 0 Å². The Bertz CT molecular complexity index is 743. The molecule has 0 radical (unpaired) electrons. The van der Waals surface area contributed by atoms with E-state index in [9.17, 15) is 9.59 Å². The van der Waals surface area contributed by atoms with E-state index in [2.05, 4.69) is 23.1 Å². The molecule has 1 saturated carbocycles. The third-order valence-corrected chi connectivity index (χ3v) is 7.33. The Morgan fingerprint density at radius 1 is 1.03 bits per heavy atom. The molecule has 1 atom stereocenters. The van der Waals surface area contributed by atoms with Crippen molar-refractivity contribution in [2.75, 3.05) is 19.6 Å². The van der Waals surface area contributed by atoms with Crippen LogP contribution in [0.3, 0.4) is 0 Å². The molecule has 1 amide bonds. The average molecular weight is 399 g/mol. The molecule has 5 nitrogen and oxygen atoms in total. The molecule has 1 N–H and O–H groups in total. The van der Waals surface area contributed by atoms with Crippen LogP contribution < -0.4 is 0 Å². The van der Waals surface area contributed by atoms with Crippen LogP contribution in [0.2, 0.25) is 0 Å². The fourth-order valence-corrected chi connectivity index (χ4v) is 5.78. The summed E-state index contributed by atoms with van der Waals surface area (Å²) in [6.07, 6.45) is 9.96. The minimum atomic E-state index is -0.899. The van der Waals surface area contributed by atoms with Gasteiger partial charge >= 0.3 is 5.97 Å². The summed E-state index contributed by atoms with van der Waals surface area (Å²) in [5.41, 5.74) is 2.57. The number of aliphatic carboxylic acids is 1. The second-order valence-corrected chi connectivity index (χ2v) is 9.37. The molecule has 4 rings (SSSR count). The van der Waals surface area contributed by atoms with E-state index in [-0.39, 0.29) is 24.3 Å². The number of carbonyl (C=O) groups is 2. The van der Waals surface area contributed by atoms with E-state index in [1.165, 1.54) is 49.7 Å². The molecule has 1 aliphatic carbocycles. The van der Waals surface area contributed by atoms with Gasteiger partial charge in [-0.05, 0) is 55.7 Å². The Morgan fingerprint density at radius 2 is 1.79 bits per heavy atom. The molecule has 1 saturated heterocycles. The summed E-state index contributed by atoms with van der Waals surface area (Å²) < 4.78 is 0. The van der Waals surface area contributed by atoms with Crippen LogP contribution in [-0.2, 0) is 22.6 Å². The fraction of sp³-hybridized carbons (Fsp3) is 0.667. The third kappa shape index (κ3) is 4.66. The van der Waals surface area contributed by atoms with Crippen molar-refractivity contribution in [1.82, 2.24) is 9.80 Å². The lowest BCUT2D eigenvalue weighted by molar-refractivity contribution is -0.142. The van der Waals surface area contributed by atoms with E-state index >= 15 is 0 Å². The number of hydrogen-bond acceptors (Lipinski definition) is 3. The zero-order valence-corrected chi connectivity index (χ0v) is 17.4. The highest BCUT2D eigenvalue weighted by Crippen LogP contribution is 2.38. The number of benzene rings is 1. The number of carbonyl (C=O) groups excluding carboxylic acids is 1. The SMILES string of the molecule is O=C(O)CCC(=O)N1Cc2ccccc2CC2(CCCCN2CC2CCCC2)C1. The molecule has 0 aromatic heterocycles. The van der Waals surface area contributed by atoms with Gasteiger partial charge in [0.1, 0.15) is 0 Å². The van der Waals surface area contributed by atoms with Crippen LogP contribution in [-0.4, -0.2) is 52.0 Å². The first-order valence-electron chi connectivity index (χ1n) is 11.4. The van der Waals surface area contributed by atoms with E-state index in [0.29, 0.717) is 6.54 Å². The minimum absolute atomic E-state index is 0.00761. The predicted octanol–water partition coefficient (Wildman–Crippen LogP) is 3.85. The van der Waals surface area contributed by atoms with Crippen LogP contribution in [0.25, 0.3) is 0 Å². The molecule has 5 heteroatoms. The maximum atomic E-state index is 13.0. The summed E-state index contributed by atoms with van der Waals surface area (Å²) in [7, 11) is 0. The van der Waals surface area contributed by atoms with Gasteiger partial charge < -0.3 is 10.0 Å². The van der Waals surface area contributed by atoms with Gasteiger partial charge in [-0.2, -0.15) is 0 Å². The molecule has 1 aromatic carbocycles. The molecule has 1 spiro atoms. The van der Waals surface area contributed by atoms with Crippen molar-refractivity contribution in [3.8, 4) is 0 Å². The van der Waals surface area contributed by atoms with Gasteiger partial charge in [0.15, 0.2) is 0 Å². The molecule has 1 unspecified atom stereocenters. The molecule has 2 aliphatic heterocycles. The lowest BCUT2D eigenvalue weighted by Crippen LogP contribution is -2.60. The number of piperidine rings is 1. The molecule has 2 fully saturated rings. The fourth-order valence-electron chi connectivity index (χ4n) is 5.78. The molecular formula is C24H34N2O3. The van der Waals surface area contributed by atoms with Crippen LogP contribution in [0, 0.1) is 5.92 Å². The van der Waals surface area contributed by atoms with Crippen molar-refractivity contribution in [1.29, 1.82) is 0 Å². The first kappa shape index (κ1) is 20.4. The highest BCUT2D eigenvalue weighted by molar-refractivity contribution is 5.81. The van der Waals surface area contributed by atoms with Crippen molar-refractivity contribution < 1.29 is 14.7 Å². The maximum Gasteiger partial charge on any atom is 0.303 e. The lowest BCUT2D eigenvalue weighted by Gasteiger charge is -2.49. The summed E-state index contributed by atoms with van der Waals surface area (Å²) in [5.74, 6) is -0.127. The van der Waals surface area contributed by atoms with Crippen molar-refractivity contribution in [3.05, 3.63) is 35.4 Å². The topological polar surface area (TPSA) is 60.9 Å². The number of carboxylic acids is 1. The standard InChI is InChI=1S/C24H34N2O3/c27-22(11-12-23(28)29)25-17-21-10-4-3-9-20(21)15-24(18-25)13-5-6-14-26(24)16-19-7-1-2-8-19/h3-4,9-10,19H,1-2,5-8,11-18H2,(H,28,29). The van der Waals surface area contributed by atoms with Crippen molar-refractivity contribution in [2.24, 2.45) is 5.92 Å². The van der Waals surface area contributed by atoms with Crippen molar-refractivity contribution in [2.45, 2.75) is 76.3 Å². The second-order valence-electron chi connectivity index (χ2n) is 9.37. The summed E-state index contributed by atoms with van der Waals surface area (Å²) in [4.78, 5) is 28.7. The normalized spacial score (nSPS) is 25.7. The summed E-state index contributed by atoms with van der Waals surface area (Å²) in [6.45, 7) is 3.61. The molecular weight excluding hydrogens is 364 g/mol. The van der Waals surface area contributed by atoms with Crippen LogP contribution in [0.1, 0.15) is 68.9 Å².